The number of aryl methyl sites for hydroxylation is 1. The summed E-state index contributed by atoms with van der Waals surface area (Å²) in [5, 5.41) is 21.6. The molecule has 0 aliphatic carbocycles. The summed E-state index contributed by atoms with van der Waals surface area (Å²) in [4.78, 5) is 4.50. The first-order valence-corrected chi connectivity index (χ1v) is 13.9. The fourth-order valence-electron chi connectivity index (χ4n) is 7.58. The van der Waals surface area contributed by atoms with Crippen LogP contribution in [0.5, 0.6) is 28.7 Å². The lowest BCUT2D eigenvalue weighted by Crippen LogP contribution is -2.68. The number of hydrogen-bond donors (Lipinski definition) is 1. The minimum absolute atomic E-state index is 0.0750. The Morgan fingerprint density at radius 1 is 1.10 bits per heavy atom. The summed E-state index contributed by atoms with van der Waals surface area (Å²) < 4.78 is 35.6. The molecule has 218 valence electrons. The van der Waals surface area contributed by atoms with Gasteiger partial charge in [0, 0.05) is 41.4 Å². The van der Waals surface area contributed by atoms with Gasteiger partial charge in [0.2, 0.25) is 6.79 Å². The Morgan fingerprint density at radius 3 is 2.56 bits per heavy atom. The van der Waals surface area contributed by atoms with Crippen LogP contribution in [0.15, 0.2) is 18.7 Å². The van der Waals surface area contributed by atoms with Gasteiger partial charge in [0.25, 0.3) is 0 Å². The minimum Gasteiger partial charge on any atom is -0.493 e. The van der Waals surface area contributed by atoms with Crippen molar-refractivity contribution in [3.8, 4) is 34.8 Å². The van der Waals surface area contributed by atoms with Crippen LogP contribution in [0.1, 0.15) is 45.5 Å². The molecule has 4 aliphatic heterocycles. The molecule has 1 N–H and O–H groups in total. The van der Waals surface area contributed by atoms with E-state index in [1.54, 1.807) is 20.3 Å². The first-order chi connectivity index (χ1) is 19.9. The monoisotopic (exact) mass is 563 g/mol. The van der Waals surface area contributed by atoms with E-state index >= 15 is 0 Å². The molecule has 41 heavy (non-hydrogen) atoms. The lowest BCUT2D eigenvalue weighted by atomic mass is 9.71. The van der Waals surface area contributed by atoms with Crippen molar-refractivity contribution >= 4 is 0 Å². The maximum Gasteiger partial charge on any atom is 0.231 e. The summed E-state index contributed by atoms with van der Waals surface area (Å²) in [7, 11) is 5.32. The summed E-state index contributed by atoms with van der Waals surface area (Å²) in [6.45, 7) is 8.11. The molecule has 2 bridgehead atoms. The van der Waals surface area contributed by atoms with E-state index in [0.29, 0.717) is 48.2 Å². The van der Waals surface area contributed by atoms with Crippen molar-refractivity contribution in [2.75, 3.05) is 48.1 Å². The summed E-state index contributed by atoms with van der Waals surface area (Å²) in [6.07, 6.45) is 2.93. The average molecular weight is 564 g/mol. The van der Waals surface area contributed by atoms with Gasteiger partial charge in [-0.1, -0.05) is 18.7 Å². The van der Waals surface area contributed by atoms with E-state index in [2.05, 4.69) is 35.6 Å². The van der Waals surface area contributed by atoms with Crippen molar-refractivity contribution in [3.63, 3.8) is 0 Å². The topological polar surface area (TPSA) is 106 Å². The highest BCUT2D eigenvalue weighted by Gasteiger charge is 2.56. The highest BCUT2D eigenvalue weighted by molar-refractivity contribution is 5.66. The number of benzene rings is 2. The zero-order valence-electron chi connectivity index (χ0n) is 24.2. The Balaban J connectivity index is 1.60. The van der Waals surface area contributed by atoms with Crippen LogP contribution in [0.3, 0.4) is 0 Å². The minimum atomic E-state index is -0.494. The Kier molecular flexibility index (Phi) is 7.24. The van der Waals surface area contributed by atoms with Crippen molar-refractivity contribution in [2.24, 2.45) is 0 Å². The van der Waals surface area contributed by atoms with Crippen molar-refractivity contribution < 1.29 is 33.5 Å². The van der Waals surface area contributed by atoms with Crippen LogP contribution in [0.25, 0.3) is 0 Å². The molecular formula is C31H37N3O7. The van der Waals surface area contributed by atoms with Gasteiger partial charge in [0.1, 0.15) is 18.4 Å². The molecule has 5 atom stereocenters. The van der Waals surface area contributed by atoms with Gasteiger partial charge in [0.15, 0.2) is 29.8 Å². The van der Waals surface area contributed by atoms with Crippen LogP contribution < -0.4 is 23.7 Å². The van der Waals surface area contributed by atoms with E-state index in [-0.39, 0.29) is 38.3 Å². The molecule has 0 radical (unpaired) electrons. The molecule has 0 saturated carbocycles. The molecule has 1 saturated heterocycles. The number of nitrogens with zero attached hydrogens (tertiary/aromatic N) is 3. The van der Waals surface area contributed by atoms with Gasteiger partial charge in [-0.05, 0) is 44.9 Å². The Labute approximate surface area is 240 Å². The predicted octanol–water partition coefficient (Wildman–Crippen LogP) is 3.35. The third-order valence-corrected chi connectivity index (χ3v) is 9.09. The van der Waals surface area contributed by atoms with Crippen LogP contribution >= 0.6 is 0 Å². The van der Waals surface area contributed by atoms with Crippen molar-refractivity contribution in [1.82, 2.24) is 9.80 Å². The number of ether oxygens (including phenoxy) is 6. The number of aliphatic hydroxyl groups excluding tert-OH is 1. The predicted molar refractivity (Wildman–Crippen MR) is 150 cm³/mol. The third-order valence-electron chi connectivity index (χ3n) is 9.09. The smallest absolute Gasteiger partial charge is 0.231 e. The second kappa shape index (κ2) is 10.7. The maximum absolute atomic E-state index is 11.0. The van der Waals surface area contributed by atoms with E-state index < -0.39 is 12.1 Å². The summed E-state index contributed by atoms with van der Waals surface area (Å²) in [5.74, 6) is 3.30. The molecular weight excluding hydrogens is 526 g/mol. The largest absolute Gasteiger partial charge is 0.493 e. The van der Waals surface area contributed by atoms with Gasteiger partial charge in [-0.2, -0.15) is 5.26 Å². The lowest BCUT2D eigenvalue weighted by Gasteiger charge is -2.59. The lowest BCUT2D eigenvalue weighted by molar-refractivity contribution is -0.0832. The van der Waals surface area contributed by atoms with E-state index in [0.717, 1.165) is 33.4 Å². The first-order valence-electron chi connectivity index (χ1n) is 13.9. The van der Waals surface area contributed by atoms with Crippen LogP contribution in [0, 0.1) is 25.2 Å². The quantitative estimate of drug-likeness (QED) is 0.380. The van der Waals surface area contributed by atoms with Gasteiger partial charge in [-0.3, -0.25) is 9.80 Å². The van der Waals surface area contributed by atoms with Gasteiger partial charge >= 0.3 is 0 Å². The van der Waals surface area contributed by atoms with E-state index in [9.17, 15) is 10.4 Å². The number of hydrogen-bond acceptors (Lipinski definition) is 10. The highest BCUT2D eigenvalue weighted by Crippen LogP contribution is 2.58. The van der Waals surface area contributed by atoms with Crippen LogP contribution in [-0.4, -0.2) is 81.1 Å². The zero-order valence-corrected chi connectivity index (χ0v) is 24.2. The van der Waals surface area contributed by atoms with E-state index in [1.165, 1.54) is 0 Å². The van der Waals surface area contributed by atoms with Crippen molar-refractivity contribution in [3.05, 3.63) is 52.1 Å². The van der Waals surface area contributed by atoms with Crippen LogP contribution in [0.4, 0.5) is 0 Å². The first kappa shape index (κ1) is 27.7. The normalized spacial score (nSPS) is 25.9. The fourth-order valence-corrected chi connectivity index (χ4v) is 7.58. The molecule has 10 heteroatoms. The maximum atomic E-state index is 11.0. The second-order valence-corrected chi connectivity index (χ2v) is 11.1. The molecule has 2 aromatic carbocycles. The molecule has 6 rings (SSSR count). The molecule has 2 aromatic rings. The number of fused-ring (bicyclic) bond motifs is 9. The van der Waals surface area contributed by atoms with Crippen LogP contribution in [0.2, 0.25) is 0 Å². The van der Waals surface area contributed by atoms with Crippen molar-refractivity contribution in [1.29, 1.82) is 5.26 Å². The Morgan fingerprint density at radius 2 is 1.88 bits per heavy atom. The molecule has 1 fully saturated rings. The molecule has 0 amide bonds. The number of piperazine rings is 1. The Bertz CT molecular complexity index is 1420. The van der Waals surface area contributed by atoms with Gasteiger partial charge in [-0.25, -0.2) is 0 Å². The number of aliphatic hydroxyl groups is 1. The second-order valence-electron chi connectivity index (χ2n) is 11.1. The fraction of sp³-hybridized carbons (Fsp3) is 0.516. The summed E-state index contributed by atoms with van der Waals surface area (Å²) in [5.41, 5.74) is 5.78. The summed E-state index contributed by atoms with van der Waals surface area (Å²) in [6, 6.07) is 3.36. The van der Waals surface area contributed by atoms with E-state index in [1.807, 2.05) is 13.8 Å². The number of methoxy groups -OCH3 is 2. The van der Waals surface area contributed by atoms with Crippen LogP contribution in [-0.2, 0) is 17.6 Å². The number of nitriles is 1. The van der Waals surface area contributed by atoms with Gasteiger partial charge in [0.05, 0.1) is 31.9 Å². The third kappa shape index (κ3) is 3.98. The van der Waals surface area contributed by atoms with Crippen molar-refractivity contribution in [2.45, 2.75) is 56.9 Å². The SMILES string of the molecule is C=CCOc1c(C)c2c(c3c1C[C@H]1C4c5c(cc(C)c(OC)c5OCOC)CC([C@H](C#N)N1C3CO)N4C)OCO2. The van der Waals surface area contributed by atoms with E-state index in [4.69, 9.17) is 28.4 Å². The Hall–Kier alpha value is -3.49. The zero-order chi connectivity index (χ0) is 29.0. The molecule has 4 heterocycles. The summed E-state index contributed by atoms with van der Waals surface area (Å²) >= 11 is 0. The molecule has 3 unspecified atom stereocenters. The average Bonchev–Trinajstić information content (AvgIpc) is 3.46. The molecule has 0 spiro atoms. The molecule has 4 aliphatic rings. The molecule has 0 aromatic heterocycles. The van der Waals surface area contributed by atoms with Gasteiger partial charge < -0.3 is 33.5 Å². The molecule has 10 nitrogen and oxygen atoms in total. The number of likely N-dealkylation sites (N-methyl/N-ethyl adjacent to an activating group) is 1. The standard InChI is InChI=1S/C31H37N3O7/c1-7-8-38-28-17(3)29-31(41-15-40-29)25-19(28)11-21-26-24-18(9-16(2)27(37-6)30(24)39-14-36-5)10-20(33(26)4)22(12-32)34(21)23(25)13-35/h7,9,20-23,26,35H,1,8,10-11,13-15H2,2-6H3/t20?,21-,22-,23?,26?/m0/s1. The number of rotatable bonds is 8. The highest BCUT2D eigenvalue weighted by atomic mass is 16.7. The van der Waals surface area contributed by atoms with Gasteiger partial charge in [-0.15, -0.1) is 0 Å².